The molecule has 0 unspecified atom stereocenters. The van der Waals surface area contributed by atoms with Gasteiger partial charge >= 0.3 is 0 Å². The number of anilines is 1. The number of hydrogen-bond donors (Lipinski definition) is 2. The number of guanidine groups is 1. The highest BCUT2D eigenvalue weighted by Crippen LogP contribution is 2.18. The summed E-state index contributed by atoms with van der Waals surface area (Å²) in [6, 6.07) is 4.13. The normalized spacial score (nSPS) is 15.0. The molecule has 0 amide bonds. The van der Waals surface area contributed by atoms with Crippen molar-refractivity contribution < 1.29 is 4.74 Å². The first-order valence-corrected chi connectivity index (χ1v) is 10.6. The van der Waals surface area contributed by atoms with Gasteiger partial charge in [0.2, 0.25) is 0 Å². The van der Waals surface area contributed by atoms with Gasteiger partial charge < -0.3 is 20.3 Å². The fourth-order valence-electron chi connectivity index (χ4n) is 3.32. The topological polar surface area (TPSA) is 61.8 Å². The molecule has 1 aliphatic rings. The molecule has 6 nitrogen and oxygen atoms in total. The first-order valence-electron chi connectivity index (χ1n) is 10.6. The van der Waals surface area contributed by atoms with Crippen LogP contribution in [-0.4, -0.2) is 50.8 Å². The molecule has 1 aromatic heterocycles. The van der Waals surface area contributed by atoms with E-state index in [0.29, 0.717) is 0 Å². The summed E-state index contributed by atoms with van der Waals surface area (Å²) in [6.45, 7) is 7.28. The minimum atomic E-state index is 0.719. The fraction of sp³-hybridized carbons (Fsp3) is 0.714. The molecule has 0 aliphatic carbocycles. The maximum absolute atomic E-state index is 5.45. The number of rotatable bonds is 11. The van der Waals surface area contributed by atoms with Crippen LogP contribution in [0.3, 0.4) is 0 Å². The Morgan fingerprint density at radius 3 is 2.59 bits per heavy atom. The van der Waals surface area contributed by atoms with Crippen LogP contribution in [0.1, 0.15) is 57.4 Å². The van der Waals surface area contributed by atoms with Gasteiger partial charge in [-0.1, -0.05) is 51.5 Å². The number of aliphatic imine (C=N–C) groups is 1. The van der Waals surface area contributed by atoms with Gasteiger partial charge in [0.05, 0.1) is 13.2 Å². The van der Waals surface area contributed by atoms with Gasteiger partial charge in [0.25, 0.3) is 0 Å². The van der Waals surface area contributed by atoms with Crippen LogP contribution in [0, 0.1) is 0 Å². The molecule has 152 valence electrons. The Kier molecular flexibility index (Phi) is 10.6. The number of hydrogen-bond acceptors (Lipinski definition) is 4. The monoisotopic (exact) mass is 375 g/mol. The van der Waals surface area contributed by atoms with Crippen molar-refractivity contribution in [2.24, 2.45) is 4.99 Å². The molecule has 1 saturated heterocycles. The molecule has 0 radical (unpaired) electrons. The Bertz CT molecular complexity index is 543. The van der Waals surface area contributed by atoms with E-state index in [1.54, 1.807) is 0 Å². The van der Waals surface area contributed by atoms with Crippen LogP contribution in [0.2, 0.25) is 0 Å². The third-order valence-electron chi connectivity index (χ3n) is 4.92. The van der Waals surface area contributed by atoms with Gasteiger partial charge in [-0.15, -0.1) is 0 Å². The molecule has 27 heavy (non-hydrogen) atoms. The third kappa shape index (κ3) is 8.16. The zero-order valence-corrected chi connectivity index (χ0v) is 17.2. The molecule has 0 spiro atoms. The molecule has 1 aliphatic heterocycles. The molecule has 0 saturated carbocycles. The van der Waals surface area contributed by atoms with Gasteiger partial charge in [0.1, 0.15) is 5.82 Å². The largest absolute Gasteiger partial charge is 0.378 e. The Morgan fingerprint density at radius 1 is 1.11 bits per heavy atom. The summed E-state index contributed by atoms with van der Waals surface area (Å²) in [5.74, 6) is 1.91. The number of ether oxygens (including phenoxy) is 1. The molecular formula is C21H37N5O. The Balaban J connectivity index is 1.70. The van der Waals surface area contributed by atoms with Crippen LogP contribution >= 0.6 is 0 Å². The number of aromatic nitrogens is 1. The Hall–Kier alpha value is -1.82. The summed E-state index contributed by atoms with van der Waals surface area (Å²) in [5, 5.41) is 6.85. The molecule has 2 N–H and O–H groups in total. The average Bonchev–Trinajstić information content (AvgIpc) is 2.73. The zero-order chi connectivity index (χ0) is 19.2. The lowest BCUT2D eigenvalue weighted by Crippen LogP contribution is -2.39. The molecule has 1 fully saturated rings. The lowest BCUT2D eigenvalue weighted by molar-refractivity contribution is 0.122. The summed E-state index contributed by atoms with van der Waals surface area (Å²) in [4.78, 5) is 11.2. The van der Waals surface area contributed by atoms with Gasteiger partial charge in [-0.3, -0.25) is 4.99 Å². The first kappa shape index (κ1) is 21.5. The number of nitrogens with one attached hydrogen (secondary N) is 2. The highest BCUT2D eigenvalue weighted by atomic mass is 16.5. The van der Waals surface area contributed by atoms with E-state index < -0.39 is 0 Å². The van der Waals surface area contributed by atoms with Crippen molar-refractivity contribution >= 4 is 11.8 Å². The second-order valence-corrected chi connectivity index (χ2v) is 7.06. The van der Waals surface area contributed by atoms with E-state index in [-0.39, 0.29) is 0 Å². The summed E-state index contributed by atoms with van der Waals surface area (Å²) in [6.07, 6.45) is 11.1. The van der Waals surface area contributed by atoms with Crippen molar-refractivity contribution in [1.82, 2.24) is 15.6 Å². The van der Waals surface area contributed by atoms with Crippen molar-refractivity contribution in [3.8, 4) is 0 Å². The van der Waals surface area contributed by atoms with E-state index in [9.17, 15) is 0 Å². The maximum Gasteiger partial charge on any atom is 0.191 e. The van der Waals surface area contributed by atoms with E-state index in [4.69, 9.17) is 4.74 Å². The Labute approximate surface area is 164 Å². The molecule has 2 heterocycles. The molecule has 0 aromatic carbocycles. The van der Waals surface area contributed by atoms with Crippen LogP contribution < -0.4 is 15.5 Å². The number of nitrogens with zero attached hydrogens (tertiary/aromatic N) is 3. The second-order valence-electron chi connectivity index (χ2n) is 7.06. The zero-order valence-electron chi connectivity index (χ0n) is 17.2. The van der Waals surface area contributed by atoms with Gasteiger partial charge in [-0.2, -0.15) is 0 Å². The van der Waals surface area contributed by atoms with Crippen LogP contribution in [0.4, 0.5) is 5.82 Å². The quantitative estimate of drug-likeness (QED) is 0.353. The Morgan fingerprint density at radius 2 is 1.85 bits per heavy atom. The molecule has 6 heteroatoms. The lowest BCUT2D eigenvalue weighted by atomic mass is 10.1. The third-order valence-corrected chi connectivity index (χ3v) is 4.92. The van der Waals surface area contributed by atoms with Crippen LogP contribution in [0.25, 0.3) is 0 Å². The van der Waals surface area contributed by atoms with E-state index >= 15 is 0 Å². The van der Waals surface area contributed by atoms with Gasteiger partial charge in [-0.05, 0) is 12.5 Å². The minimum Gasteiger partial charge on any atom is -0.378 e. The van der Waals surface area contributed by atoms with Crippen molar-refractivity contribution in [2.45, 2.75) is 58.4 Å². The number of pyridine rings is 1. The average molecular weight is 376 g/mol. The van der Waals surface area contributed by atoms with Crippen molar-refractivity contribution in [3.05, 3.63) is 23.9 Å². The number of morpholine rings is 1. The summed E-state index contributed by atoms with van der Waals surface area (Å²) < 4.78 is 5.45. The van der Waals surface area contributed by atoms with Crippen molar-refractivity contribution in [2.75, 3.05) is 44.8 Å². The summed E-state index contributed by atoms with van der Waals surface area (Å²) in [5.41, 5.74) is 1.19. The van der Waals surface area contributed by atoms with Crippen molar-refractivity contribution in [3.63, 3.8) is 0 Å². The SMILES string of the molecule is CCCCCCCCCNC(=NC)NCc1cccnc1N1CCOCC1. The summed E-state index contributed by atoms with van der Waals surface area (Å²) >= 11 is 0. The minimum absolute atomic E-state index is 0.719. The smallest absolute Gasteiger partial charge is 0.191 e. The highest BCUT2D eigenvalue weighted by molar-refractivity contribution is 5.79. The highest BCUT2D eigenvalue weighted by Gasteiger charge is 2.15. The van der Waals surface area contributed by atoms with Crippen LogP contribution in [-0.2, 0) is 11.3 Å². The van der Waals surface area contributed by atoms with E-state index in [1.165, 1.54) is 50.5 Å². The molecule has 0 bridgehead atoms. The molecule has 1 aromatic rings. The van der Waals surface area contributed by atoms with Crippen molar-refractivity contribution in [1.29, 1.82) is 0 Å². The predicted molar refractivity (Wildman–Crippen MR) is 113 cm³/mol. The molecular weight excluding hydrogens is 338 g/mol. The first-order chi connectivity index (χ1) is 13.3. The number of unbranched alkanes of at least 4 members (excludes halogenated alkanes) is 6. The summed E-state index contributed by atoms with van der Waals surface area (Å²) in [7, 11) is 1.83. The predicted octanol–water partition coefficient (Wildman–Crippen LogP) is 3.33. The van der Waals surface area contributed by atoms with E-state index in [2.05, 4.69) is 38.5 Å². The molecule has 2 rings (SSSR count). The van der Waals surface area contributed by atoms with E-state index in [0.717, 1.165) is 51.2 Å². The van der Waals surface area contributed by atoms with Crippen LogP contribution in [0.15, 0.2) is 23.3 Å². The van der Waals surface area contributed by atoms with Crippen LogP contribution in [0.5, 0.6) is 0 Å². The molecule has 0 atom stereocenters. The van der Waals surface area contributed by atoms with E-state index in [1.807, 2.05) is 19.3 Å². The van der Waals surface area contributed by atoms with Gasteiger partial charge in [0.15, 0.2) is 5.96 Å². The van der Waals surface area contributed by atoms with Gasteiger partial charge in [0, 0.05) is 45.0 Å². The fourth-order valence-corrected chi connectivity index (χ4v) is 3.32. The lowest BCUT2D eigenvalue weighted by Gasteiger charge is -2.29. The second kappa shape index (κ2) is 13.4. The van der Waals surface area contributed by atoms with Gasteiger partial charge in [-0.25, -0.2) is 4.98 Å². The standard InChI is InChI=1S/C21H37N5O/c1-3-4-5-6-7-8-9-12-24-21(22-2)25-18-19-11-10-13-23-20(19)26-14-16-27-17-15-26/h10-11,13H,3-9,12,14-18H2,1-2H3,(H2,22,24,25). The maximum atomic E-state index is 5.45.